The molecule has 1 atom stereocenters. The number of nitrogens with zero attached hydrogens (tertiary/aromatic N) is 2. The summed E-state index contributed by atoms with van der Waals surface area (Å²) in [5.74, 6) is 0.0545. The van der Waals surface area contributed by atoms with E-state index in [-0.39, 0.29) is 17.5 Å². The Hall–Kier alpha value is -2.37. The number of carbonyl (C=O) groups excluding carboxylic acids is 1. The lowest BCUT2D eigenvalue weighted by Gasteiger charge is -2.22. The van der Waals surface area contributed by atoms with Crippen molar-refractivity contribution in [3.63, 3.8) is 0 Å². The molecule has 1 aromatic carbocycles. The van der Waals surface area contributed by atoms with Gasteiger partial charge in [0, 0.05) is 25.2 Å². The van der Waals surface area contributed by atoms with Gasteiger partial charge in [-0.05, 0) is 25.8 Å². The first kappa shape index (κ1) is 15.0. The van der Waals surface area contributed by atoms with Gasteiger partial charge in [0.2, 0.25) is 0 Å². The molecule has 6 heteroatoms. The number of hydrogen-bond donors (Lipinski definition) is 1. The number of hydrogen-bond acceptors (Lipinski definition) is 4. The van der Waals surface area contributed by atoms with E-state index in [1.807, 2.05) is 20.8 Å². The predicted molar refractivity (Wildman–Crippen MR) is 82.5 cm³/mol. The molecule has 21 heavy (non-hydrogen) atoms. The van der Waals surface area contributed by atoms with Crippen molar-refractivity contribution >= 4 is 23.0 Å². The van der Waals surface area contributed by atoms with E-state index in [9.17, 15) is 14.9 Å². The van der Waals surface area contributed by atoms with Gasteiger partial charge in [-0.15, -0.1) is 0 Å². The smallest absolute Gasteiger partial charge is 0.294 e. The van der Waals surface area contributed by atoms with Crippen LogP contribution in [0.1, 0.15) is 20.8 Å². The highest BCUT2D eigenvalue weighted by Crippen LogP contribution is 2.37. The third kappa shape index (κ3) is 3.21. The normalized spacial score (nSPS) is 17.3. The molecule has 2 rings (SSSR count). The van der Waals surface area contributed by atoms with Gasteiger partial charge in [0.15, 0.2) is 0 Å². The van der Waals surface area contributed by atoms with E-state index in [1.54, 1.807) is 23.1 Å². The van der Waals surface area contributed by atoms with Gasteiger partial charge in [-0.2, -0.15) is 0 Å². The van der Waals surface area contributed by atoms with Crippen LogP contribution in [-0.2, 0) is 4.79 Å². The fourth-order valence-electron chi connectivity index (χ4n) is 2.37. The average Bonchev–Trinajstić information content (AvgIpc) is 2.57. The van der Waals surface area contributed by atoms with E-state index in [2.05, 4.69) is 5.32 Å². The van der Waals surface area contributed by atoms with Crippen molar-refractivity contribution in [3.05, 3.63) is 40.0 Å². The fraction of sp³-hybridized carbons (Fsp3) is 0.400. The van der Waals surface area contributed by atoms with Gasteiger partial charge in [-0.25, -0.2) is 0 Å². The van der Waals surface area contributed by atoms with E-state index in [0.29, 0.717) is 24.5 Å². The lowest BCUT2D eigenvalue weighted by atomic mass is 10.1. The molecule has 1 heterocycles. The number of fused-ring (bicyclic) bond motifs is 1. The highest BCUT2D eigenvalue weighted by Gasteiger charge is 2.28. The summed E-state index contributed by atoms with van der Waals surface area (Å²) in [7, 11) is 0. The number of nitro groups is 1. The Bertz CT molecular complexity index is 606. The lowest BCUT2D eigenvalue weighted by molar-refractivity contribution is -0.383. The summed E-state index contributed by atoms with van der Waals surface area (Å²) < 4.78 is 0. The number of benzene rings is 1. The van der Waals surface area contributed by atoms with E-state index < -0.39 is 4.92 Å². The number of nitro benzene ring substituents is 1. The molecule has 0 spiro atoms. The first-order valence-corrected chi connectivity index (χ1v) is 6.88. The molecule has 0 bridgehead atoms. The highest BCUT2D eigenvalue weighted by molar-refractivity contribution is 6.05. The summed E-state index contributed by atoms with van der Waals surface area (Å²) in [6, 6.07) is 4.80. The van der Waals surface area contributed by atoms with Gasteiger partial charge in [0.25, 0.3) is 11.6 Å². The molecule has 1 amide bonds. The van der Waals surface area contributed by atoms with Crippen molar-refractivity contribution in [2.75, 3.05) is 23.3 Å². The van der Waals surface area contributed by atoms with Crippen molar-refractivity contribution in [1.29, 1.82) is 0 Å². The molecule has 112 valence electrons. The van der Waals surface area contributed by atoms with Crippen molar-refractivity contribution < 1.29 is 9.72 Å². The van der Waals surface area contributed by atoms with E-state index in [0.717, 1.165) is 5.57 Å². The standard InChI is InChI=1S/C15H19N3O3/c1-10(2)7-14(19)17-9-11(3)8-16-15-12(17)5-4-6-13(15)18(20)21/h4-7,11,16H,8-9H2,1-3H3. The first-order chi connectivity index (χ1) is 9.90. The van der Waals surface area contributed by atoms with Gasteiger partial charge in [-0.3, -0.25) is 14.9 Å². The third-order valence-electron chi connectivity index (χ3n) is 3.31. The molecule has 0 saturated heterocycles. The molecule has 6 nitrogen and oxygen atoms in total. The second-order valence-corrected chi connectivity index (χ2v) is 5.58. The van der Waals surface area contributed by atoms with Crippen LogP contribution in [0.2, 0.25) is 0 Å². The molecule has 1 unspecified atom stereocenters. The summed E-state index contributed by atoms with van der Waals surface area (Å²) in [5.41, 5.74) is 1.88. The molecule has 1 N–H and O–H groups in total. The Morgan fingerprint density at radius 2 is 2.19 bits per heavy atom. The number of rotatable bonds is 2. The summed E-state index contributed by atoms with van der Waals surface area (Å²) >= 11 is 0. The zero-order valence-electron chi connectivity index (χ0n) is 12.4. The van der Waals surface area contributed by atoms with Crippen LogP contribution in [-0.4, -0.2) is 23.9 Å². The van der Waals surface area contributed by atoms with Crippen LogP contribution < -0.4 is 10.2 Å². The number of amides is 1. The number of anilines is 2. The summed E-state index contributed by atoms with van der Waals surface area (Å²) in [6.07, 6.45) is 1.56. The lowest BCUT2D eigenvalue weighted by Crippen LogP contribution is -2.33. The number of carbonyl (C=O) groups is 1. The Labute approximate surface area is 123 Å². The molecule has 0 aliphatic carbocycles. The Morgan fingerprint density at radius 3 is 2.81 bits per heavy atom. The number of para-hydroxylation sites is 1. The predicted octanol–water partition coefficient (Wildman–Crippen LogP) is 2.96. The molecule has 1 aliphatic heterocycles. The first-order valence-electron chi connectivity index (χ1n) is 6.88. The van der Waals surface area contributed by atoms with Crippen LogP contribution in [0.3, 0.4) is 0 Å². The minimum Gasteiger partial charge on any atom is -0.377 e. The second kappa shape index (κ2) is 5.95. The van der Waals surface area contributed by atoms with Crippen LogP contribution in [0.15, 0.2) is 29.8 Å². The zero-order valence-corrected chi connectivity index (χ0v) is 12.4. The van der Waals surface area contributed by atoms with Crippen LogP contribution in [0.25, 0.3) is 0 Å². The van der Waals surface area contributed by atoms with Gasteiger partial charge in [0.05, 0.1) is 10.6 Å². The minimum absolute atomic E-state index is 0.00315. The molecular formula is C15H19N3O3. The van der Waals surface area contributed by atoms with E-state index >= 15 is 0 Å². The molecule has 1 aliphatic rings. The van der Waals surface area contributed by atoms with Crippen LogP contribution in [0.5, 0.6) is 0 Å². The van der Waals surface area contributed by atoms with Gasteiger partial charge in [-0.1, -0.05) is 18.6 Å². The highest BCUT2D eigenvalue weighted by atomic mass is 16.6. The molecule has 0 radical (unpaired) electrons. The summed E-state index contributed by atoms with van der Waals surface area (Å²) in [4.78, 5) is 24.8. The van der Waals surface area contributed by atoms with Crippen molar-refractivity contribution in [1.82, 2.24) is 0 Å². The van der Waals surface area contributed by atoms with Gasteiger partial charge >= 0.3 is 0 Å². The molecule has 1 aromatic rings. The van der Waals surface area contributed by atoms with Gasteiger partial charge < -0.3 is 10.2 Å². The quantitative estimate of drug-likeness (QED) is 0.516. The Morgan fingerprint density at radius 1 is 1.48 bits per heavy atom. The molecule has 0 aromatic heterocycles. The maximum Gasteiger partial charge on any atom is 0.294 e. The summed E-state index contributed by atoms with van der Waals surface area (Å²) in [5, 5.41) is 14.3. The average molecular weight is 289 g/mol. The molecule has 0 fully saturated rings. The largest absolute Gasteiger partial charge is 0.377 e. The second-order valence-electron chi connectivity index (χ2n) is 5.58. The van der Waals surface area contributed by atoms with Crippen molar-refractivity contribution in [2.45, 2.75) is 20.8 Å². The third-order valence-corrected chi connectivity index (χ3v) is 3.31. The fourth-order valence-corrected chi connectivity index (χ4v) is 2.37. The monoisotopic (exact) mass is 289 g/mol. The Kier molecular flexibility index (Phi) is 4.26. The number of nitrogens with one attached hydrogen (secondary N) is 1. The van der Waals surface area contributed by atoms with E-state index in [1.165, 1.54) is 6.07 Å². The summed E-state index contributed by atoms with van der Waals surface area (Å²) in [6.45, 7) is 6.84. The minimum atomic E-state index is -0.425. The van der Waals surface area contributed by atoms with Crippen LogP contribution in [0, 0.1) is 16.0 Å². The maximum absolute atomic E-state index is 12.4. The molecular weight excluding hydrogens is 270 g/mol. The molecule has 0 saturated carbocycles. The van der Waals surface area contributed by atoms with Crippen LogP contribution in [0.4, 0.5) is 17.1 Å². The Balaban J connectivity index is 2.53. The van der Waals surface area contributed by atoms with Crippen molar-refractivity contribution in [3.8, 4) is 0 Å². The number of allylic oxidation sites excluding steroid dienone is 1. The van der Waals surface area contributed by atoms with Crippen molar-refractivity contribution in [2.24, 2.45) is 5.92 Å². The zero-order chi connectivity index (χ0) is 15.6. The van der Waals surface area contributed by atoms with E-state index in [4.69, 9.17) is 0 Å². The topological polar surface area (TPSA) is 75.5 Å². The SMILES string of the molecule is CC(C)=CC(=O)N1CC(C)CNc2c1cccc2[N+](=O)[O-]. The van der Waals surface area contributed by atoms with Gasteiger partial charge in [0.1, 0.15) is 5.69 Å². The van der Waals surface area contributed by atoms with Crippen LogP contribution >= 0.6 is 0 Å². The maximum atomic E-state index is 12.4.